The molecule has 0 fully saturated rings. The number of nitrogens with zero attached hydrogens (tertiary/aromatic N) is 4. The van der Waals surface area contributed by atoms with Gasteiger partial charge >= 0.3 is 0 Å². The van der Waals surface area contributed by atoms with Gasteiger partial charge in [0.1, 0.15) is 0 Å². The second-order valence-corrected chi connectivity index (χ2v) is 13.8. The Balaban J connectivity index is 1.25. The minimum atomic E-state index is 0.544. The average molecular weight is 729 g/mol. The first kappa shape index (κ1) is 34.9. The highest BCUT2D eigenvalue weighted by Crippen LogP contribution is 2.44. The zero-order valence-electron chi connectivity index (χ0n) is 31.1. The lowest BCUT2D eigenvalue weighted by molar-refractivity contribution is 1.26. The highest BCUT2D eigenvalue weighted by Gasteiger charge is 2.21. The first-order valence-corrected chi connectivity index (χ1v) is 18.9. The quantitative estimate of drug-likeness (QED) is 0.148. The average Bonchev–Trinajstić information content (AvgIpc) is 3.30. The van der Waals surface area contributed by atoms with Crippen LogP contribution in [0.15, 0.2) is 219 Å². The number of nitriles is 1. The molecular weight excluding hydrogens is 693 g/mol. The number of aromatic nitrogens is 2. The van der Waals surface area contributed by atoms with Crippen molar-refractivity contribution in [3.63, 3.8) is 0 Å². The Morgan fingerprint density at radius 1 is 0.351 bits per heavy atom. The van der Waals surface area contributed by atoms with Gasteiger partial charge in [0, 0.05) is 40.5 Å². The Kier molecular flexibility index (Phi) is 9.70. The number of hydrogen-bond donors (Lipinski definition) is 0. The molecule has 0 aliphatic heterocycles. The van der Waals surface area contributed by atoms with E-state index in [1.807, 2.05) is 54.7 Å². The van der Waals surface area contributed by atoms with E-state index < -0.39 is 0 Å². The van der Waals surface area contributed by atoms with Crippen molar-refractivity contribution in [1.29, 1.82) is 5.26 Å². The maximum Gasteiger partial charge on any atom is 0.0992 e. The molecule has 2 aromatic heterocycles. The summed E-state index contributed by atoms with van der Waals surface area (Å²) in [5, 5.41) is 10.4. The second-order valence-electron chi connectivity index (χ2n) is 13.8. The summed E-state index contributed by atoms with van der Waals surface area (Å²) in [4.78, 5) is 11.9. The fourth-order valence-corrected chi connectivity index (χ4v) is 7.38. The SMILES string of the molecule is N#Cc1cc(-c2ccccn2)cc(N(c2cc(-c3ccccc3)cc(-c3cc(-c4ccc(-c5ccccc5)cc4)ccn3)c2)c2ccccc2-c2ccccc2)c1. The molecule has 0 saturated carbocycles. The third-order valence-corrected chi connectivity index (χ3v) is 10.2. The zero-order chi connectivity index (χ0) is 38.4. The largest absolute Gasteiger partial charge is 0.310 e. The zero-order valence-corrected chi connectivity index (χ0v) is 31.1. The van der Waals surface area contributed by atoms with E-state index in [1.54, 1.807) is 6.20 Å². The number of rotatable bonds is 9. The van der Waals surface area contributed by atoms with Gasteiger partial charge in [-0.2, -0.15) is 5.26 Å². The fraction of sp³-hybridized carbons (Fsp3) is 0. The van der Waals surface area contributed by atoms with E-state index in [0.717, 1.165) is 73.0 Å². The molecule has 0 atom stereocenters. The van der Waals surface area contributed by atoms with Crippen LogP contribution in [0.25, 0.3) is 67.0 Å². The van der Waals surface area contributed by atoms with Crippen molar-refractivity contribution >= 4 is 17.1 Å². The number of pyridine rings is 2. The predicted octanol–water partition coefficient (Wildman–Crippen LogP) is 13.8. The lowest BCUT2D eigenvalue weighted by Crippen LogP contribution is -2.12. The Bertz CT molecular complexity index is 2830. The van der Waals surface area contributed by atoms with Gasteiger partial charge in [-0.1, -0.05) is 140 Å². The molecule has 0 aliphatic carbocycles. The molecule has 2 heterocycles. The topological polar surface area (TPSA) is 52.8 Å². The lowest BCUT2D eigenvalue weighted by atomic mass is 9.96. The summed E-state index contributed by atoms with van der Waals surface area (Å²) in [5.74, 6) is 0. The molecule has 9 rings (SSSR count). The highest BCUT2D eigenvalue weighted by molar-refractivity contribution is 5.92. The molecule has 0 amide bonds. The number of para-hydroxylation sites is 1. The van der Waals surface area contributed by atoms with Crippen LogP contribution in [0, 0.1) is 11.3 Å². The van der Waals surface area contributed by atoms with Crippen molar-refractivity contribution in [3.05, 3.63) is 224 Å². The smallest absolute Gasteiger partial charge is 0.0992 e. The summed E-state index contributed by atoms with van der Waals surface area (Å²) in [6, 6.07) is 73.6. The maximum absolute atomic E-state index is 10.4. The van der Waals surface area contributed by atoms with Gasteiger partial charge in [0.2, 0.25) is 0 Å². The molecule has 4 nitrogen and oxygen atoms in total. The van der Waals surface area contributed by atoms with E-state index in [2.05, 4.69) is 174 Å². The van der Waals surface area contributed by atoms with Crippen LogP contribution < -0.4 is 4.90 Å². The van der Waals surface area contributed by atoms with Crippen LogP contribution in [0.5, 0.6) is 0 Å². The van der Waals surface area contributed by atoms with Crippen LogP contribution in [-0.2, 0) is 0 Å². The van der Waals surface area contributed by atoms with E-state index in [4.69, 9.17) is 4.98 Å². The first-order valence-electron chi connectivity index (χ1n) is 18.9. The Morgan fingerprint density at radius 2 is 0.877 bits per heavy atom. The maximum atomic E-state index is 10.4. The lowest BCUT2D eigenvalue weighted by Gasteiger charge is -2.29. The normalized spacial score (nSPS) is 10.8. The second kappa shape index (κ2) is 15.8. The monoisotopic (exact) mass is 728 g/mol. The Labute approximate surface area is 333 Å². The van der Waals surface area contributed by atoms with Crippen LogP contribution in [0.3, 0.4) is 0 Å². The van der Waals surface area contributed by atoms with Crippen LogP contribution >= 0.6 is 0 Å². The van der Waals surface area contributed by atoms with E-state index in [0.29, 0.717) is 5.56 Å². The van der Waals surface area contributed by atoms with Gasteiger partial charge in [-0.15, -0.1) is 0 Å². The molecule has 0 bridgehead atoms. The first-order chi connectivity index (χ1) is 28.2. The van der Waals surface area contributed by atoms with Crippen LogP contribution in [0.1, 0.15) is 5.56 Å². The summed E-state index contributed by atoms with van der Waals surface area (Å²) in [6.07, 6.45) is 3.67. The predicted molar refractivity (Wildman–Crippen MR) is 234 cm³/mol. The minimum absolute atomic E-state index is 0.544. The summed E-state index contributed by atoms with van der Waals surface area (Å²) < 4.78 is 0. The summed E-state index contributed by atoms with van der Waals surface area (Å²) >= 11 is 0. The van der Waals surface area contributed by atoms with Gasteiger partial charge in [-0.25, -0.2) is 0 Å². The molecular formula is C53H36N4. The van der Waals surface area contributed by atoms with Gasteiger partial charge in [-0.3, -0.25) is 9.97 Å². The molecule has 0 saturated heterocycles. The van der Waals surface area contributed by atoms with E-state index in [9.17, 15) is 5.26 Å². The molecule has 0 N–H and O–H groups in total. The standard InChI is InChI=1S/C53H36N4/c54-37-38-30-46(51-21-12-13-28-55-51)34-48(31-38)57(53-22-11-10-20-50(53)43-18-8-3-9-19-43)49-33-45(40-16-6-2-7-17-40)32-47(35-49)52-36-44(27-29-56-52)42-25-23-41(24-26-42)39-14-4-1-5-15-39/h1-36H. The van der Waals surface area contributed by atoms with Crippen molar-refractivity contribution < 1.29 is 0 Å². The van der Waals surface area contributed by atoms with Gasteiger partial charge in [0.15, 0.2) is 0 Å². The van der Waals surface area contributed by atoms with Crippen LogP contribution in [-0.4, -0.2) is 9.97 Å². The fourth-order valence-electron chi connectivity index (χ4n) is 7.38. The van der Waals surface area contributed by atoms with E-state index >= 15 is 0 Å². The summed E-state index contributed by atoms with van der Waals surface area (Å²) in [5.41, 5.74) is 15.6. The number of benzene rings is 7. The van der Waals surface area contributed by atoms with Crippen molar-refractivity contribution in [3.8, 4) is 73.1 Å². The third kappa shape index (κ3) is 7.47. The molecule has 268 valence electrons. The number of hydrogen-bond acceptors (Lipinski definition) is 4. The molecule has 4 heteroatoms. The molecule has 57 heavy (non-hydrogen) atoms. The molecule has 0 aliphatic rings. The highest BCUT2D eigenvalue weighted by atomic mass is 15.1. The van der Waals surface area contributed by atoms with Crippen LogP contribution in [0.4, 0.5) is 17.1 Å². The molecule has 0 spiro atoms. The summed E-state index contributed by atoms with van der Waals surface area (Å²) in [7, 11) is 0. The minimum Gasteiger partial charge on any atom is -0.310 e. The van der Waals surface area contributed by atoms with Crippen molar-refractivity contribution in [2.24, 2.45) is 0 Å². The molecule has 7 aromatic carbocycles. The van der Waals surface area contributed by atoms with E-state index in [-0.39, 0.29) is 0 Å². The Hall–Kier alpha value is -7.87. The van der Waals surface area contributed by atoms with Gasteiger partial charge in [0.05, 0.1) is 28.7 Å². The molecule has 0 radical (unpaired) electrons. The van der Waals surface area contributed by atoms with Crippen LogP contribution in [0.2, 0.25) is 0 Å². The van der Waals surface area contributed by atoms with Gasteiger partial charge in [-0.05, 0) is 106 Å². The third-order valence-electron chi connectivity index (χ3n) is 10.2. The molecule has 0 unspecified atom stereocenters. The van der Waals surface area contributed by atoms with Gasteiger partial charge in [0.25, 0.3) is 0 Å². The molecule has 9 aromatic rings. The number of anilines is 3. The van der Waals surface area contributed by atoms with Gasteiger partial charge < -0.3 is 4.90 Å². The van der Waals surface area contributed by atoms with Crippen molar-refractivity contribution in [2.45, 2.75) is 0 Å². The van der Waals surface area contributed by atoms with Crippen molar-refractivity contribution in [1.82, 2.24) is 9.97 Å². The summed E-state index contributed by atoms with van der Waals surface area (Å²) in [6.45, 7) is 0. The van der Waals surface area contributed by atoms with Crippen molar-refractivity contribution in [2.75, 3.05) is 4.90 Å². The Morgan fingerprint density at radius 3 is 1.54 bits per heavy atom. The van der Waals surface area contributed by atoms with E-state index in [1.165, 1.54) is 11.1 Å².